The molecule has 2 rings (SSSR count). The summed E-state index contributed by atoms with van der Waals surface area (Å²) in [5.74, 6) is 0. The number of benzene rings is 1. The van der Waals surface area contributed by atoms with E-state index in [1.54, 1.807) is 0 Å². The summed E-state index contributed by atoms with van der Waals surface area (Å²) < 4.78 is 0. The van der Waals surface area contributed by atoms with Crippen molar-refractivity contribution in [2.45, 2.75) is 25.9 Å². The van der Waals surface area contributed by atoms with Crippen LogP contribution in [0.2, 0.25) is 0 Å². The molecule has 0 fully saturated rings. The van der Waals surface area contributed by atoms with Gasteiger partial charge >= 0.3 is 0 Å². The van der Waals surface area contributed by atoms with Crippen molar-refractivity contribution in [1.82, 2.24) is 5.32 Å². The van der Waals surface area contributed by atoms with Crippen molar-refractivity contribution in [2.75, 3.05) is 6.61 Å². The Hall–Kier alpha value is -0.860. The minimum atomic E-state index is 0.230. The van der Waals surface area contributed by atoms with Gasteiger partial charge in [-0.05, 0) is 24.5 Å². The number of hydrogen-bond donors (Lipinski definition) is 2. The van der Waals surface area contributed by atoms with Crippen molar-refractivity contribution in [2.24, 2.45) is 0 Å². The van der Waals surface area contributed by atoms with Gasteiger partial charge in [-0.3, -0.25) is 0 Å². The Bertz CT molecular complexity index is 309. The first-order chi connectivity index (χ1) is 6.29. The Morgan fingerprint density at radius 2 is 2.31 bits per heavy atom. The normalized spacial score (nSPS) is 21.2. The molecule has 1 aromatic rings. The average Bonchev–Trinajstić information content (AvgIpc) is 2.16. The first-order valence-electron chi connectivity index (χ1n) is 4.72. The fourth-order valence-corrected chi connectivity index (χ4v) is 1.84. The van der Waals surface area contributed by atoms with Gasteiger partial charge in [-0.15, -0.1) is 0 Å². The topological polar surface area (TPSA) is 32.3 Å². The summed E-state index contributed by atoms with van der Waals surface area (Å²) in [4.78, 5) is 0. The molecule has 0 amide bonds. The van der Waals surface area contributed by atoms with E-state index in [4.69, 9.17) is 5.11 Å². The number of hydrogen-bond acceptors (Lipinski definition) is 2. The smallest absolute Gasteiger partial charge is 0.0587 e. The molecule has 13 heavy (non-hydrogen) atoms. The zero-order valence-corrected chi connectivity index (χ0v) is 7.88. The summed E-state index contributed by atoms with van der Waals surface area (Å²) in [7, 11) is 0. The Kier molecular flexibility index (Phi) is 2.34. The summed E-state index contributed by atoms with van der Waals surface area (Å²) >= 11 is 0. The lowest BCUT2D eigenvalue weighted by atomic mass is 9.95. The lowest BCUT2D eigenvalue weighted by molar-refractivity contribution is 0.236. The minimum absolute atomic E-state index is 0.230. The molecular weight excluding hydrogens is 162 g/mol. The van der Waals surface area contributed by atoms with Crippen molar-refractivity contribution in [3.63, 3.8) is 0 Å². The van der Waals surface area contributed by atoms with E-state index >= 15 is 0 Å². The highest BCUT2D eigenvalue weighted by Crippen LogP contribution is 2.17. The standard InChI is InChI=1S/C11H15NO/c1-8-2-3-9-6-12-11(7-13)5-10(9)4-8/h2-4,11-13H,5-7H2,1H3/t11-/m0/s1. The van der Waals surface area contributed by atoms with Crippen LogP contribution in [0.3, 0.4) is 0 Å². The van der Waals surface area contributed by atoms with Crippen molar-refractivity contribution in [3.8, 4) is 0 Å². The van der Waals surface area contributed by atoms with E-state index < -0.39 is 0 Å². The van der Waals surface area contributed by atoms with Gasteiger partial charge in [-0.25, -0.2) is 0 Å². The number of aliphatic hydroxyl groups excluding tert-OH is 1. The Labute approximate surface area is 78.6 Å². The van der Waals surface area contributed by atoms with Gasteiger partial charge in [-0.1, -0.05) is 23.8 Å². The molecule has 0 radical (unpaired) electrons. The predicted molar refractivity (Wildman–Crippen MR) is 52.6 cm³/mol. The van der Waals surface area contributed by atoms with Gasteiger partial charge < -0.3 is 10.4 Å². The molecule has 2 N–H and O–H groups in total. The van der Waals surface area contributed by atoms with Crippen LogP contribution in [0.5, 0.6) is 0 Å². The summed E-state index contributed by atoms with van der Waals surface area (Å²) in [6.45, 7) is 3.23. The Balaban J connectivity index is 2.27. The van der Waals surface area contributed by atoms with Crippen LogP contribution in [0, 0.1) is 6.92 Å². The molecule has 0 aromatic heterocycles. The van der Waals surface area contributed by atoms with Crippen LogP contribution >= 0.6 is 0 Å². The minimum Gasteiger partial charge on any atom is -0.395 e. The molecule has 2 heteroatoms. The van der Waals surface area contributed by atoms with Gasteiger partial charge in [-0.2, -0.15) is 0 Å². The SMILES string of the molecule is Cc1ccc2c(c1)C[C@@H](CO)NC2. The molecule has 0 spiro atoms. The van der Waals surface area contributed by atoms with Crippen molar-refractivity contribution in [3.05, 3.63) is 34.9 Å². The van der Waals surface area contributed by atoms with Crippen molar-refractivity contribution in [1.29, 1.82) is 0 Å². The van der Waals surface area contributed by atoms with E-state index in [-0.39, 0.29) is 12.6 Å². The molecule has 2 nitrogen and oxygen atoms in total. The molecule has 1 heterocycles. The van der Waals surface area contributed by atoms with Gasteiger partial charge in [0.15, 0.2) is 0 Å². The third-order valence-electron chi connectivity index (χ3n) is 2.63. The Morgan fingerprint density at radius 1 is 1.46 bits per heavy atom. The molecule has 0 unspecified atom stereocenters. The maximum Gasteiger partial charge on any atom is 0.0587 e. The maximum atomic E-state index is 9.02. The van der Waals surface area contributed by atoms with Gasteiger partial charge in [0, 0.05) is 12.6 Å². The molecule has 1 aromatic carbocycles. The summed E-state index contributed by atoms with van der Waals surface area (Å²) in [6.07, 6.45) is 0.952. The van der Waals surface area contributed by atoms with Crippen LogP contribution in [0.15, 0.2) is 18.2 Å². The van der Waals surface area contributed by atoms with Crippen LogP contribution in [0.25, 0.3) is 0 Å². The largest absolute Gasteiger partial charge is 0.395 e. The van der Waals surface area contributed by atoms with Crippen LogP contribution in [-0.2, 0) is 13.0 Å². The van der Waals surface area contributed by atoms with Crippen LogP contribution < -0.4 is 5.32 Å². The molecule has 0 saturated heterocycles. The van der Waals surface area contributed by atoms with Crippen molar-refractivity contribution < 1.29 is 5.11 Å². The van der Waals surface area contributed by atoms with Crippen molar-refractivity contribution >= 4 is 0 Å². The number of aryl methyl sites for hydroxylation is 1. The number of rotatable bonds is 1. The molecule has 1 aliphatic rings. The summed E-state index contributed by atoms with van der Waals surface area (Å²) in [5.41, 5.74) is 4.06. The number of fused-ring (bicyclic) bond motifs is 1. The van der Waals surface area contributed by atoms with Crippen LogP contribution in [-0.4, -0.2) is 17.8 Å². The van der Waals surface area contributed by atoms with E-state index in [2.05, 4.69) is 30.4 Å². The van der Waals surface area contributed by atoms with E-state index in [1.165, 1.54) is 16.7 Å². The zero-order valence-electron chi connectivity index (χ0n) is 7.88. The van der Waals surface area contributed by atoms with E-state index in [0.717, 1.165) is 13.0 Å². The first kappa shape index (κ1) is 8.73. The fourth-order valence-electron chi connectivity index (χ4n) is 1.84. The highest BCUT2D eigenvalue weighted by Gasteiger charge is 2.16. The molecular formula is C11H15NO. The first-order valence-corrected chi connectivity index (χ1v) is 4.72. The number of nitrogens with one attached hydrogen (secondary N) is 1. The molecule has 0 saturated carbocycles. The third kappa shape index (κ3) is 1.74. The summed E-state index contributed by atoms with van der Waals surface area (Å²) in [6, 6.07) is 6.78. The molecule has 70 valence electrons. The second-order valence-electron chi connectivity index (χ2n) is 3.74. The van der Waals surface area contributed by atoms with E-state index in [0.29, 0.717) is 0 Å². The lowest BCUT2D eigenvalue weighted by Crippen LogP contribution is -2.38. The fraction of sp³-hybridized carbons (Fsp3) is 0.455. The van der Waals surface area contributed by atoms with Crippen LogP contribution in [0.1, 0.15) is 16.7 Å². The highest BCUT2D eigenvalue weighted by atomic mass is 16.3. The quantitative estimate of drug-likeness (QED) is 0.670. The van der Waals surface area contributed by atoms with Crippen LogP contribution in [0.4, 0.5) is 0 Å². The number of aliphatic hydroxyl groups is 1. The second-order valence-corrected chi connectivity index (χ2v) is 3.74. The van der Waals surface area contributed by atoms with E-state index in [9.17, 15) is 0 Å². The lowest BCUT2D eigenvalue weighted by Gasteiger charge is -2.24. The van der Waals surface area contributed by atoms with Gasteiger partial charge in [0.05, 0.1) is 6.61 Å². The third-order valence-corrected chi connectivity index (χ3v) is 2.63. The highest BCUT2D eigenvalue weighted by molar-refractivity contribution is 5.33. The zero-order chi connectivity index (χ0) is 9.26. The van der Waals surface area contributed by atoms with Gasteiger partial charge in [0.1, 0.15) is 0 Å². The molecule has 1 aliphatic heterocycles. The molecule has 1 atom stereocenters. The van der Waals surface area contributed by atoms with Gasteiger partial charge in [0.2, 0.25) is 0 Å². The summed E-state index contributed by atoms with van der Waals surface area (Å²) in [5, 5.41) is 12.3. The average molecular weight is 177 g/mol. The Morgan fingerprint density at radius 3 is 3.08 bits per heavy atom. The molecule has 0 aliphatic carbocycles. The van der Waals surface area contributed by atoms with Gasteiger partial charge in [0.25, 0.3) is 0 Å². The van der Waals surface area contributed by atoms with E-state index in [1.807, 2.05) is 0 Å². The maximum absolute atomic E-state index is 9.02. The monoisotopic (exact) mass is 177 g/mol. The second kappa shape index (κ2) is 3.48. The molecule has 0 bridgehead atoms. The predicted octanol–water partition coefficient (Wildman–Crippen LogP) is 1.00.